The number of ketones is 1. The summed E-state index contributed by atoms with van der Waals surface area (Å²) in [6, 6.07) is 13.3. The molecule has 1 amide bonds. The van der Waals surface area contributed by atoms with Crippen LogP contribution in [-0.2, 0) is 17.6 Å². The zero-order valence-corrected chi connectivity index (χ0v) is 18.9. The van der Waals surface area contributed by atoms with Gasteiger partial charge in [0.15, 0.2) is 10.1 Å². The number of thiazole rings is 1. The van der Waals surface area contributed by atoms with Gasteiger partial charge in [-0.05, 0) is 36.6 Å². The molecule has 0 aliphatic carbocycles. The summed E-state index contributed by atoms with van der Waals surface area (Å²) in [5.74, 6) is 0.864. The van der Waals surface area contributed by atoms with E-state index in [1.54, 1.807) is 7.11 Å². The molecule has 1 N–H and O–H groups in total. The second-order valence-corrected chi connectivity index (χ2v) is 8.88. The number of aromatic nitrogens is 1. The minimum Gasteiger partial charge on any atom is -0.495 e. The average Bonchev–Trinajstić information content (AvgIpc) is 3.20. The Morgan fingerprint density at radius 1 is 1.17 bits per heavy atom. The minimum absolute atomic E-state index is 0.0728. The van der Waals surface area contributed by atoms with E-state index in [4.69, 9.17) is 4.74 Å². The maximum atomic E-state index is 12.4. The number of hydrogen-bond donors (Lipinski definition) is 1. The number of Topliss-reactive ketones (excluding diaryl/α,β-unsaturated/α-hetero) is 1. The van der Waals surface area contributed by atoms with E-state index in [-0.39, 0.29) is 18.1 Å². The fourth-order valence-electron chi connectivity index (χ4n) is 2.83. The molecule has 0 saturated carbocycles. The van der Waals surface area contributed by atoms with Crippen LogP contribution in [-0.4, -0.2) is 29.5 Å². The van der Waals surface area contributed by atoms with Crippen LogP contribution in [0.25, 0.3) is 0 Å². The first-order chi connectivity index (χ1) is 14.5. The highest BCUT2D eigenvalue weighted by Crippen LogP contribution is 2.26. The van der Waals surface area contributed by atoms with Gasteiger partial charge in [-0.25, -0.2) is 4.98 Å². The van der Waals surface area contributed by atoms with E-state index >= 15 is 0 Å². The highest BCUT2D eigenvalue weighted by Gasteiger charge is 2.13. The third-order valence-electron chi connectivity index (χ3n) is 4.51. The van der Waals surface area contributed by atoms with Crippen LogP contribution in [0.3, 0.4) is 0 Å². The molecule has 0 spiro atoms. The molecule has 0 bridgehead atoms. The van der Waals surface area contributed by atoms with E-state index in [0.29, 0.717) is 28.4 Å². The van der Waals surface area contributed by atoms with Crippen molar-refractivity contribution < 1.29 is 14.3 Å². The lowest BCUT2D eigenvalue weighted by atomic mass is 10.1. The van der Waals surface area contributed by atoms with Crippen molar-refractivity contribution in [2.75, 3.05) is 18.2 Å². The van der Waals surface area contributed by atoms with Gasteiger partial charge in [0.2, 0.25) is 5.91 Å². The van der Waals surface area contributed by atoms with Crippen LogP contribution >= 0.6 is 23.1 Å². The van der Waals surface area contributed by atoms with Crippen molar-refractivity contribution in [3.8, 4) is 5.75 Å². The molecule has 7 heteroatoms. The van der Waals surface area contributed by atoms with Crippen LogP contribution in [0.1, 0.15) is 34.1 Å². The Hall–Kier alpha value is -2.64. The second kappa shape index (κ2) is 10.4. The molecule has 3 rings (SSSR count). The fraction of sp³-hybridized carbons (Fsp3) is 0.261. The molecular weight excluding hydrogens is 416 g/mol. The predicted octanol–water partition coefficient (Wildman–Crippen LogP) is 5.18. The molecule has 0 aliphatic rings. The standard InChI is InChI=1S/C23H24N2O3S2/c1-4-16-6-8-17(9-7-16)20(26)14-30-23-24-18(13-29-23)12-22(27)25-19-10-5-15(2)11-21(19)28-3/h5-11,13H,4,12,14H2,1-3H3,(H,25,27). The number of amides is 1. The van der Waals surface area contributed by atoms with E-state index in [1.165, 1.54) is 28.7 Å². The largest absolute Gasteiger partial charge is 0.495 e. The number of aryl methyl sites for hydroxylation is 2. The van der Waals surface area contributed by atoms with Crippen LogP contribution in [0, 0.1) is 6.92 Å². The summed E-state index contributed by atoms with van der Waals surface area (Å²) < 4.78 is 6.10. The van der Waals surface area contributed by atoms with Crippen LogP contribution in [0.4, 0.5) is 5.69 Å². The van der Waals surface area contributed by atoms with Gasteiger partial charge in [0.1, 0.15) is 5.75 Å². The molecule has 5 nitrogen and oxygen atoms in total. The number of carbonyl (C=O) groups is 2. The molecule has 0 unspecified atom stereocenters. The van der Waals surface area contributed by atoms with Crippen molar-refractivity contribution in [1.82, 2.24) is 4.98 Å². The van der Waals surface area contributed by atoms with Crippen molar-refractivity contribution in [2.45, 2.75) is 31.0 Å². The van der Waals surface area contributed by atoms with Crippen molar-refractivity contribution >= 4 is 40.5 Å². The van der Waals surface area contributed by atoms with E-state index in [1.807, 2.05) is 54.8 Å². The summed E-state index contributed by atoms with van der Waals surface area (Å²) in [5, 5.41) is 4.72. The van der Waals surface area contributed by atoms with E-state index in [9.17, 15) is 9.59 Å². The van der Waals surface area contributed by atoms with E-state index in [0.717, 1.165) is 16.3 Å². The zero-order valence-electron chi connectivity index (χ0n) is 17.2. The summed E-state index contributed by atoms with van der Waals surface area (Å²) >= 11 is 2.84. The van der Waals surface area contributed by atoms with Crippen LogP contribution in [0.15, 0.2) is 52.2 Å². The molecule has 0 atom stereocenters. The SMILES string of the molecule is CCc1ccc(C(=O)CSc2nc(CC(=O)Nc3ccc(C)cc3OC)cs2)cc1. The molecule has 30 heavy (non-hydrogen) atoms. The highest BCUT2D eigenvalue weighted by atomic mass is 32.2. The lowest BCUT2D eigenvalue weighted by Gasteiger charge is -2.10. The lowest BCUT2D eigenvalue weighted by molar-refractivity contribution is -0.115. The van der Waals surface area contributed by atoms with Crippen molar-refractivity contribution in [3.05, 3.63) is 70.2 Å². The monoisotopic (exact) mass is 440 g/mol. The number of hydrogen-bond acceptors (Lipinski definition) is 6. The van der Waals surface area contributed by atoms with Crippen molar-refractivity contribution in [3.63, 3.8) is 0 Å². The summed E-state index contributed by atoms with van der Waals surface area (Å²) in [6.45, 7) is 4.05. The Morgan fingerprint density at radius 3 is 2.63 bits per heavy atom. The maximum absolute atomic E-state index is 12.4. The third kappa shape index (κ3) is 5.93. The molecule has 1 aromatic heterocycles. The number of thioether (sulfide) groups is 1. The lowest BCUT2D eigenvalue weighted by Crippen LogP contribution is -2.15. The highest BCUT2D eigenvalue weighted by molar-refractivity contribution is 8.01. The number of methoxy groups -OCH3 is 1. The van der Waals surface area contributed by atoms with Gasteiger partial charge in [-0.1, -0.05) is 49.0 Å². The van der Waals surface area contributed by atoms with E-state index < -0.39 is 0 Å². The fourth-order valence-corrected chi connectivity index (χ4v) is 4.57. The van der Waals surface area contributed by atoms with Crippen LogP contribution in [0.5, 0.6) is 5.75 Å². The Balaban J connectivity index is 1.53. The number of carbonyl (C=O) groups excluding carboxylic acids is 2. The number of nitrogens with zero attached hydrogens (tertiary/aromatic N) is 1. The Kier molecular flexibility index (Phi) is 7.65. The first-order valence-corrected chi connectivity index (χ1v) is 11.5. The Bertz CT molecular complexity index is 1030. The van der Waals surface area contributed by atoms with Gasteiger partial charge >= 0.3 is 0 Å². The maximum Gasteiger partial charge on any atom is 0.230 e. The van der Waals surface area contributed by atoms with Gasteiger partial charge in [0.05, 0.1) is 30.7 Å². The topological polar surface area (TPSA) is 68.3 Å². The third-order valence-corrected chi connectivity index (χ3v) is 6.58. The molecule has 2 aromatic carbocycles. The van der Waals surface area contributed by atoms with Crippen LogP contribution in [0.2, 0.25) is 0 Å². The Labute approximate surface area is 184 Å². The number of rotatable bonds is 9. The first-order valence-electron chi connectivity index (χ1n) is 9.62. The van der Waals surface area contributed by atoms with Crippen molar-refractivity contribution in [1.29, 1.82) is 0 Å². The van der Waals surface area contributed by atoms with Gasteiger partial charge in [0, 0.05) is 10.9 Å². The van der Waals surface area contributed by atoms with Gasteiger partial charge in [-0.15, -0.1) is 11.3 Å². The Morgan fingerprint density at radius 2 is 1.93 bits per heavy atom. The zero-order chi connectivity index (χ0) is 21.5. The molecule has 0 fully saturated rings. The summed E-state index contributed by atoms with van der Waals surface area (Å²) in [5.41, 5.74) is 4.30. The molecule has 156 valence electrons. The normalized spacial score (nSPS) is 10.6. The predicted molar refractivity (Wildman–Crippen MR) is 123 cm³/mol. The summed E-state index contributed by atoms with van der Waals surface area (Å²) in [4.78, 5) is 29.2. The van der Waals surface area contributed by atoms with Gasteiger partial charge in [0.25, 0.3) is 0 Å². The smallest absolute Gasteiger partial charge is 0.230 e. The molecular formula is C23H24N2O3S2. The molecule has 3 aromatic rings. The van der Waals surface area contributed by atoms with E-state index in [2.05, 4.69) is 17.2 Å². The van der Waals surface area contributed by atoms with Gasteiger partial charge < -0.3 is 10.1 Å². The number of benzene rings is 2. The molecule has 0 aliphatic heterocycles. The van der Waals surface area contributed by atoms with Gasteiger partial charge in [-0.2, -0.15) is 0 Å². The molecule has 1 heterocycles. The minimum atomic E-state index is -0.161. The van der Waals surface area contributed by atoms with Crippen LogP contribution < -0.4 is 10.1 Å². The number of nitrogens with one attached hydrogen (secondary N) is 1. The molecule has 0 radical (unpaired) electrons. The second-order valence-electron chi connectivity index (χ2n) is 6.80. The number of ether oxygens (including phenoxy) is 1. The quantitative estimate of drug-likeness (QED) is 0.367. The molecule has 0 saturated heterocycles. The summed E-state index contributed by atoms with van der Waals surface area (Å²) in [6.07, 6.45) is 1.12. The first kappa shape index (κ1) is 22.1. The van der Waals surface area contributed by atoms with Gasteiger partial charge in [-0.3, -0.25) is 9.59 Å². The number of anilines is 1. The summed E-state index contributed by atoms with van der Waals surface area (Å²) in [7, 11) is 1.58. The average molecular weight is 441 g/mol. The van der Waals surface area contributed by atoms with Crippen molar-refractivity contribution in [2.24, 2.45) is 0 Å².